The molecule has 0 saturated carbocycles. The fourth-order valence-electron chi connectivity index (χ4n) is 3.94. The van der Waals surface area contributed by atoms with Crippen molar-refractivity contribution in [1.82, 2.24) is 19.4 Å². The minimum Gasteiger partial charge on any atom is -0.341 e. The molecule has 7 heteroatoms. The monoisotopic (exact) mass is 422 g/mol. The van der Waals surface area contributed by atoms with E-state index < -0.39 is 0 Å². The smallest absolute Gasteiger partial charge is 0.289 e. The number of hydrogen-bond donors (Lipinski definition) is 0. The van der Waals surface area contributed by atoms with Gasteiger partial charge in [0.1, 0.15) is 0 Å². The highest BCUT2D eigenvalue weighted by atomic mass is 32.1. The number of thiophene rings is 1. The highest BCUT2D eigenvalue weighted by molar-refractivity contribution is 7.13. The van der Waals surface area contributed by atoms with Crippen LogP contribution >= 0.6 is 11.3 Å². The van der Waals surface area contributed by atoms with Crippen LogP contribution in [0.25, 0.3) is 10.4 Å². The third kappa shape index (κ3) is 4.16. The molecule has 1 fully saturated rings. The van der Waals surface area contributed by atoms with Crippen LogP contribution in [-0.2, 0) is 18.3 Å². The summed E-state index contributed by atoms with van der Waals surface area (Å²) in [4.78, 5) is 35.2. The van der Waals surface area contributed by atoms with Gasteiger partial charge in [-0.1, -0.05) is 30.3 Å². The zero-order chi connectivity index (χ0) is 21.1. The number of aromatic nitrogens is 2. The lowest BCUT2D eigenvalue weighted by Crippen LogP contribution is -2.38. The maximum absolute atomic E-state index is 13.1. The van der Waals surface area contributed by atoms with Crippen LogP contribution in [0.2, 0.25) is 0 Å². The van der Waals surface area contributed by atoms with Crippen molar-refractivity contribution in [1.29, 1.82) is 0 Å². The van der Waals surface area contributed by atoms with Gasteiger partial charge in [-0.05, 0) is 35.9 Å². The van der Waals surface area contributed by atoms with Crippen LogP contribution in [-0.4, -0.2) is 57.3 Å². The normalized spacial score (nSPS) is 17.3. The average molecular weight is 423 g/mol. The van der Waals surface area contributed by atoms with Gasteiger partial charge < -0.3 is 14.4 Å². The van der Waals surface area contributed by atoms with E-state index in [-0.39, 0.29) is 17.7 Å². The minimum atomic E-state index is -0.260. The second kappa shape index (κ2) is 8.83. The molecule has 0 bridgehead atoms. The van der Waals surface area contributed by atoms with Crippen LogP contribution in [0.3, 0.4) is 0 Å². The molecule has 0 N–H and O–H groups in total. The van der Waals surface area contributed by atoms with Gasteiger partial charge in [-0.15, -0.1) is 11.3 Å². The first kappa shape index (κ1) is 20.3. The predicted octanol–water partition coefficient (Wildman–Crippen LogP) is 3.31. The van der Waals surface area contributed by atoms with Crippen LogP contribution in [0.4, 0.5) is 0 Å². The van der Waals surface area contributed by atoms with Crippen molar-refractivity contribution in [2.75, 3.05) is 26.2 Å². The van der Waals surface area contributed by atoms with E-state index in [0.29, 0.717) is 38.4 Å². The van der Waals surface area contributed by atoms with E-state index in [1.54, 1.807) is 33.2 Å². The molecule has 6 nitrogen and oxygen atoms in total. The molecular weight excluding hydrogens is 396 g/mol. The quantitative estimate of drug-likeness (QED) is 0.634. The Morgan fingerprint density at radius 3 is 2.63 bits per heavy atom. The molecular formula is C23H26N4O2S. The van der Waals surface area contributed by atoms with Crippen molar-refractivity contribution in [2.24, 2.45) is 13.0 Å². The Hall–Kier alpha value is -2.93. The van der Waals surface area contributed by atoms with E-state index in [1.165, 1.54) is 10.4 Å². The fourth-order valence-corrected chi connectivity index (χ4v) is 4.67. The Balaban J connectivity index is 1.54. The van der Waals surface area contributed by atoms with E-state index >= 15 is 0 Å². The van der Waals surface area contributed by atoms with Crippen molar-refractivity contribution in [3.05, 3.63) is 65.6 Å². The van der Waals surface area contributed by atoms with Crippen LogP contribution in [0.15, 0.2) is 54.2 Å². The third-order valence-electron chi connectivity index (χ3n) is 5.66. The lowest BCUT2D eigenvalue weighted by atomic mass is 9.96. The Morgan fingerprint density at radius 2 is 2.00 bits per heavy atom. The van der Waals surface area contributed by atoms with E-state index in [9.17, 15) is 9.59 Å². The second-order valence-electron chi connectivity index (χ2n) is 7.61. The van der Waals surface area contributed by atoms with Crippen LogP contribution in [0, 0.1) is 5.92 Å². The molecule has 2 aromatic heterocycles. The van der Waals surface area contributed by atoms with E-state index in [2.05, 4.69) is 40.7 Å². The number of aryl methyl sites for hydroxylation is 1. The lowest BCUT2D eigenvalue weighted by molar-refractivity contribution is -0.134. The van der Waals surface area contributed by atoms with Crippen molar-refractivity contribution in [2.45, 2.75) is 13.3 Å². The molecule has 0 spiro atoms. The minimum absolute atomic E-state index is 0.119. The first-order valence-electron chi connectivity index (χ1n) is 10.2. The van der Waals surface area contributed by atoms with Gasteiger partial charge in [-0.25, -0.2) is 4.98 Å². The van der Waals surface area contributed by atoms with E-state index in [0.717, 1.165) is 5.56 Å². The predicted molar refractivity (Wildman–Crippen MR) is 118 cm³/mol. The zero-order valence-corrected chi connectivity index (χ0v) is 18.1. The van der Waals surface area contributed by atoms with Crippen LogP contribution in [0.1, 0.15) is 23.1 Å². The molecule has 1 aliphatic heterocycles. The summed E-state index contributed by atoms with van der Waals surface area (Å²) in [5.74, 6) is 0.150. The van der Waals surface area contributed by atoms with Gasteiger partial charge >= 0.3 is 0 Å². The third-order valence-corrected chi connectivity index (χ3v) is 6.58. The van der Waals surface area contributed by atoms with Gasteiger partial charge in [0.15, 0.2) is 5.82 Å². The Bertz CT molecular complexity index is 1010. The number of imidazole rings is 1. The van der Waals surface area contributed by atoms with Gasteiger partial charge in [0.25, 0.3) is 5.91 Å². The summed E-state index contributed by atoms with van der Waals surface area (Å²) in [5, 5.41) is 2.07. The van der Waals surface area contributed by atoms with Crippen molar-refractivity contribution < 1.29 is 9.59 Å². The van der Waals surface area contributed by atoms with Gasteiger partial charge in [-0.3, -0.25) is 9.59 Å². The number of nitrogens with zero attached hydrogens (tertiary/aromatic N) is 4. The molecule has 1 atom stereocenters. The molecule has 1 aliphatic rings. The zero-order valence-electron chi connectivity index (χ0n) is 17.3. The Morgan fingerprint density at radius 1 is 1.20 bits per heavy atom. The number of likely N-dealkylation sites (N-methyl/N-ethyl adjacent to an activating group) is 1. The molecule has 0 radical (unpaired) electrons. The highest BCUT2D eigenvalue weighted by Crippen LogP contribution is 2.26. The molecule has 3 aromatic rings. The van der Waals surface area contributed by atoms with E-state index in [4.69, 9.17) is 0 Å². The highest BCUT2D eigenvalue weighted by Gasteiger charge is 2.33. The summed E-state index contributed by atoms with van der Waals surface area (Å²) in [7, 11) is 1.81. The molecule has 3 heterocycles. The fraction of sp³-hybridized carbons (Fsp3) is 0.348. The summed E-state index contributed by atoms with van der Waals surface area (Å²) < 4.78 is 1.73. The number of rotatable bonds is 5. The molecule has 0 aliphatic carbocycles. The van der Waals surface area contributed by atoms with Gasteiger partial charge in [-0.2, -0.15) is 0 Å². The lowest BCUT2D eigenvalue weighted by Gasteiger charge is -2.23. The molecule has 2 amide bonds. The van der Waals surface area contributed by atoms with Crippen molar-refractivity contribution >= 4 is 23.2 Å². The van der Waals surface area contributed by atoms with Crippen LogP contribution in [0.5, 0.6) is 0 Å². The number of carbonyl (C=O) groups excluding carboxylic acids is 2. The topological polar surface area (TPSA) is 58.4 Å². The maximum atomic E-state index is 13.1. The first-order valence-corrected chi connectivity index (χ1v) is 11.1. The van der Waals surface area contributed by atoms with Gasteiger partial charge in [0.05, 0.1) is 5.92 Å². The SMILES string of the molecule is CCN1CCN(C(=O)c2nccn2C)CC(Cc2ccc(-c3cccs3)cc2)C1=O. The standard InChI is InChI=1S/C23H26N4O2S/c1-3-26-12-13-27(23(29)21-24-10-11-25(21)2)16-19(22(26)28)15-17-6-8-18(9-7-17)20-5-4-14-30-20/h4-11,14,19H,3,12-13,15-16H2,1-2H3. The summed E-state index contributed by atoms with van der Waals surface area (Å²) in [6.07, 6.45) is 4.01. The summed E-state index contributed by atoms with van der Waals surface area (Å²) in [6, 6.07) is 12.6. The Kier molecular flexibility index (Phi) is 5.99. The van der Waals surface area contributed by atoms with Gasteiger partial charge in [0, 0.05) is 50.5 Å². The van der Waals surface area contributed by atoms with Crippen molar-refractivity contribution in [3.63, 3.8) is 0 Å². The molecule has 156 valence electrons. The average Bonchev–Trinajstić information content (AvgIpc) is 3.41. The first-order chi connectivity index (χ1) is 14.6. The molecule has 4 rings (SSSR count). The molecule has 1 unspecified atom stereocenters. The maximum Gasteiger partial charge on any atom is 0.289 e. The molecule has 1 saturated heterocycles. The summed E-state index contributed by atoms with van der Waals surface area (Å²) in [6.45, 7) is 4.13. The van der Waals surface area contributed by atoms with E-state index in [1.807, 2.05) is 24.9 Å². The summed E-state index contributed by atoms with van der Waals surface area (Å²) in [5.41, 5.74) is 2.29. The van der Waals surface area contributed by atoms with Crippen molar-refractivity contribution in [3.8, 4) is 10.4 Å². The van der Waals surface area contributed by atoms with Crippen LogP contribution < -0.4 is 0 Å². The number of hydrogen-bond acceptors (Lipinski definition) is 4. The molecule has 30 heavy (non-hydrogen) atoms. The number of carbonyl (C=O) groups is 2. The number of benzene rings is 1. The summed E-state index contributed by atoms with van der Waals surface area (Å²) >= 11 is 1.71. The number of amides is 2. The Labute approximate surface area is 180 Å². The largest absolute Gasteiger partial charge is 0.341 e. The second-order valence-corrected chi connectivity index (χ2v) is 8.55. The molecule has 1 aromatic carbocycles. The van der Waals surface area contributed by atoms with Gasteiger partial charge in [0.2, 0.25) is 5.91 Å².